The van der Waals surface area contributed by atoms with Gasteiger partial charge in [-0.25, -0.2) is 17.6 Å². The molecule has 4 aliphatic carbocycles. The van der Waals surface area contributed by atoms with Crippen LogP contribution >= 0.6 is 0 Å². The van der Waals surface area contributed by atoms with Crippen molar-refractivity contribution in [2.24, 2.45) is 0 Å². The van der Waals surface area contributed by atoms with Crippen molar-refractivity contribution >= 4 is 0 Å². The fourth-order valence-electron chi connectivity index (χ4n) is 4.92. The lowest BCUT2D eigenvalue weighted by Gasteiger charge is -2.76. The highest BCUT2D eigenvalue weighted by Gasteiger charge is 3.22. The first-order valence-electron chi connectivity index (χ1n) is 7.32. The maximum atomic E-state index is 15.2. The summed E-state index contributed by atoms with van der Waals surface area (Å²) in [5, 5.41) is 0. The van der Waals surface area contributed by atoms with E-state index in [4.69, 9.17) is 0 Å². The van der Waals surface area contributed by atoms with E-state index >= 15 is 8.78 Å². The van der Waals surface area contributed by atoms with Gasteiger partial charge in [-0.1, -0.05) is 6.92 Å². The predicted molar refractivity (Wildman–Crippen MR) is 60.1 cm³/mol. The monoisotopic (exact) mass is 446 g/mol. The summed E-state index contributed by atoms with van der Waals surface area (Å²) in [4.78, 5) is 0. The Hall–Kier alpha value is -1.02. The van der Waals surface area contributed by atoms with Gasteiger partial charge in [-0.05, 0) is 6.42 Å². The molecular weight excluding hydrogens is 438 g/mol. The first-order valence-corrected chi connectivity index (χ1v) is 7.32. The Bertz CT molecular complexity index is 704. The van der Waals surface area contributed by atoms with Crippen LogP contribution in [0.3, 0.4) is 0 Å². The van der Waals surface area contributed by atoms with E-state index in [2.05, 4.69) is 4.74 Å². The molecule has 3 atom stereocenters. The van der Waals surface area contributed by atoms with Crippen LogP contribution < -0.4 is 0 Å². The number of ether oxygens (including phenoxy) is 1. The van der Waals surface area contributed by atoms with Crippen molar-refractivity contribution in [2.75, 3.05) is 7.11 Å². The summed E-state index contributed by atoms with van der Waals surface area (Å²) in [7, 11) is -0.413. The molecule has 0 aliphatic heterocycles. The largest absolute Gasteiger partial charge is 0.363 e. The van der Waals surface area contributed by atoms with Gasteiger partial charge < -0.3 is 4.74 Å². The number of hydrogen-bond donors (Lipinski definition) is 0. The van der Waals surface area contributed by atoms with Crippen LogP contribution in [0.5, 0.6) is 0 Å². The average molecular weight is 446 g/mol. The first kappa shape index (κ1) is 21.7. The molecule has 0 amide bonds. The van der Waals surface area contributed by atoms with Gasteiger partial charge >= 0.3 is 41.0 Å². The summed E-state index contributed by atoms with van der Waals surface area (Å²) < 4.78 is 206. The van der Waals surface area contributed by atoms with Gasteiger partial charge in [-0.15, -0.1) is 0 Å². The standard InChI is InChI=1S/C13H8F14O/c1-3-4(14)5(15)9(18,19)6(16)11(22,23)7(17,10(5,20)21)13(26,27)8(4,28-2)12(6,24)25/h3H2,1-2H3. The van der Waals surface area contributed by atoms with Crippen molar-refractivity contribution in [2.45, 2.75) is 71.2 Å². The molecule has 28 heavy (non-hydrogen) atoms. The van der Waals surface area contributed by atoms with Crippen LogP contribution in [0.1, 0.15) is 13.3 Å². The molecule has 4 bridgehead atoms. The zero-order valence-electron chi connectivity index (χ0n) is 13.4. The molecule has 4 saturated carbocycles. The molecule has 0 heterocycles. The van der Waals surface area contributed by atoms with E-state index in [1.54, 1.807) is 0 Å². The van der Waals surface area contributed by atoms with Gasteiger partial charge in [0.05, 0.1) is 0 Å². The summed E-state index contributed by atoms with van der Waals surface area (Å²) in [6.45, 7) is 0.0383. The summed E-state index contributed by atoms with van der Waals surface area (Å²) in [6, 6.07) is 0. The molecule has 15 heteroatoms. The number of rotatable bonds is 2. The molecule has 164 valence electrons. The molecule has 0 aromatic heterocycles. The van der Waals surface area contributed by atoms with E-state index in [0.29, 0.717) is 0 Å². The van der Waals surface area contributed by atoms with E-state index in [0.717, 1.165) is 0 Å². The molecule has 1 nitrogen and oxygen atoms in total. The highest BCUT2D eigenvalue weighted by molar-refractivity contribution is 5.55. The van der Waals surface area contributed by atoms with Gasteiger partial charge in [0, 0.05) is 7.11 Å². The maximum Gasteiger partial charge on any atom is 0.339 e. The minimum atomic E-state index is -7.59. The summed E-state index contributed by atoms with van der Waals surface area (Å²) >= 11 is 0. The lowest BCUT2D eigenvalue weighted by molar-refractivity contribution is -0.605. The van der Waals surface area contributed by atoms with Gasteiger partial charge in [0.25, 0.3) is 5.67 Å². The Morgan fingerprint density at radius 3 is 1.04 bits per heavy atom. The predicted octanol–water partition coefficient (Wildman–Crippen LogP) is 4.83. The topological polar surface area (TPSA) is 9.23 Å². The quantitative estimate of drug-likeness (QED) is 0.553. The highest BCUT2D eigenvalue weighted by atomic mass is 19.3. The molecule has 0 aromatic rings. The second kappa shape index (κ2) is 4.36. The average Bonchev–Trinajstić information content (AvgIpc) is 2.55. The van der Waals surface area contributed by atoms with Crippen LogP contribution in [-0.4, -0.2) is 65.0 Å². The third kappa shape index (κ3) is 1.13. The van der Waals surface area contributed by atoms with Crippen molar-refractivity contribution in [3.05, 3.63) is 0 Å². The zero-order chi connectivity index (χ0) is 22.4. The Morgan fingerprint density at radius 2 is 0.786 bits per heavy atom. The summed E-state index contributed by atoms with van der Waals surface area (Å²) in [5.41, 5.74) is -33.6. The fourth-order valence-corrected chi connectivity index (χ4v) is 4.92. The SMILES string of the molecule is CCC1(F)C2(F)C(F)(F)C3(F)C(F)(F)C(F)(C2(F)F)C(F)(F)C1(OC)C3(F)F. The van der Waals surface area contributed by atoms with Gasteiger partial charge in [-0.2, -0.15) is 43.9 Å². The lowest BCUT2D eigenvalue weighted by Crippen LogP contribution is -3.10. The Balaban J connectivity index is 2.75. The first-order chi connectivity index (χ1) is 12.1. The molecule has 0 N–H and O–H groups in total. The van der Waals surface area contributed by atoms with E-state index in [1.807, 2.05) is 0 Å². The molecule has 4 fully saturated rings. The van der Waals surface area contributed by atoms with Gasteiger partial charge in [0.15, 0.2) is 5.67 Å². The molecule has 4 aliphatic rings. The molecular formula is C13H8F14O. The molecule has 4 rings (SSSR count). The second-order valence-corrected chi connectivity index (χ2v) is 6.89. The highest BCUT2D eigenvalue weighted by Crippen LogP contribution is 2.88. The third-order valence-electron chi connectivity index (χ3n) is 6.24. The van der Waals surface area contributed by atoms with Crippen molar-refractivity contribution in [1.29, 1.82) is 0 Å². The normalized spacial score (nSPS) is 54.0. The molecule has 0 spiro atoms. The smallest absolute Gasteiger partial charge is 0.339 e. The number of hydrogen-bond acceptors (Lipinski definition) is 1. The molecule has 0 saturated heterocycles. The van der Waals surface area contributed by atoms with E-state index in [-0.39, 0.29) is 6.92 Å². The summed E-state index contributed by atoms with van der Waals surface area (Å²) in [5.74, 6) is -36.5. The van der Waals surface area contributed by atoms with Crippen LogP contribution in [0.15, 0.2) is 0 Å². The lowest BCUT2D eigenvalue weighted by atomic mass is 9.37. The van der Waals surface area contributed by atoms with Gasteiger partial charge in [0.2, 0.25) is 5.60 Å². The second-order valence-electron chi connectivity index (χ2n) is 6.89. The van der Waals surface area contributed by atoms with Crippen LogP contribution in [0.2, 0.25) is 0 Å². The molecule has 0 aromatic carbocycles. The van der Waals surface area contributed by atoms with E-state index in [1.165, 1.54) is 0 Å². The fraction of sp³-hybridized carbons (Fsp3) is 1.00. The third-order valence-corrected chi connectivity index (χ3v) is 6.24. The van der Waals surface area contributed by atoms with Crippen molar-refractivity contribution in [3.63, 3.8) is 0 Å². The minimum absolute atomic E-state index is 0.0383. The summed E-state index contributed by atoms with van der Waals surface area (Å²) in [6.07, 6.45) is -2.40. The number of halogens is 14. The van der Waals surface area contributed by atoms with E-state index in [9.17, 15) is 52.7 Å². The van der Waals surface area contributed by atoms with Crippen molar-refractivity contribution in [3.8, 4) is 0 Å². The Kier molecular flexibility index (Phi) is 3.38. The maximum absolute atomic E-state index is 15.2. The van der Waals surface area contributed by atoms with Crippen LogP contribution in [0, 0.1) is 0 Å². The Morgan fingerprint density at radius 1 is 0.500 bits per heavy atom. The molecule has 0 radical (unpaired) electrons. The van der Waals surface area contributed by atoms with E-state index < -0.39 is 71.4 Å². The number of methoxy groups -OCH3 is 1. The zero-order valence-corrected chi connectivity index (χ0v) is 13.4. The molecule has 3 unspecified atom stereocenters. The minimum Gasteiger partial charge on any atom is -0.363 e. The van der Waals surface area contributed by atoms with Gasteiger partial charge in [0.1, 0.15) is 0 Å². The van der Waals surface area contributed by atoms with Crippen molar-refractivity contribution < 1.29 is 66.2 Å². The van der Waals surface area contributed by atoms with Crippen molar-refractivity contribution in [1.82, 2.24) is 0 Å². The van der Waals surface area contributed by atoms with Crippen LogP contribution in [0.25, 0.3) is 0 Å². The van der Waals surface area contributed by atoms with Crippen LogP contribution in [0.4, 0.5) is 61.5 Å². The van der Waals surface area contributed by atoms with Gasteiger partial charge in [-0.3, -0.25) is 0 Å². The Labute approximate surface area is 146 Å². The number of alkyl halides is 14. The van der Waals surface area contributed by atoms with Crippen LogP contribution in [-0.2, 0) is 4.74 Å².